The number of para-hydroxylation sites is 1. The van der Waals surface area contributed by atoms with Gasteiger partial charge in [0.1, 0.15) is 6.54 Å². The van der Waals surface area contributed by atoms with Crippen LogP contribution in [-0.2, 0) is 16.0 Å². The third kappa shape index (κ3) is 5.47. The van der Waals surface area contributed by atoms with Crippen molar-refractivity contribution < 1.29 is 9.59 Å². The number of aryl methyl sites for hydroxylation is 1. The van der Waals surface area contributed by atoms with Crippen molar-refractivity contribution in [3.05, 3.63) is 29.8 Å². The summed E-state index contributed by atoms with van der Waals surface area (Å²) in [5, 5.41) is 3.17. The van der Waals surface area contributed by atoms with Crippen LogP contribution in [0.5, 0.6) is 0 Å². The third-order valence-electron chi connectivity index (χ3n) is 4.96. The SMILES string of the molecule is CCNC(=NCC(=O)N1CCCc2ccccc21)N(C)CC(=O)N(CC)CC. The molecule has 0 atom stereocenters. The molecule has 154 valence electrons. The molecule has 1 heterocycles. The minimum absolute atomic E-state index is 0.0222. The fourth-order valence-corrected chi connectivity index (χ4v) is 3.44. The second-order valence-corrected chi connectivity index (χ2v) is 6.87. The van der Waals surface area contributed by atoms with Crippen molar-refractivity contribution in [3.8, 4) is 0 Å². The van der Waals surface area contributed by atoms with E-state index >= 15 is 0 Å². The molecular weight excluding hydrogens is 354 g/mol. The molecular formula is C21H33N5O2. The van der Waals surface area contributed by atoms with E-state index in [1.807, 2.05) is 50.9 Å². The number of anilines is 1. The first-order valence-electron chi connectivity index (χ1n) is 10.2. The highest BCUT2D eigenvalue weighted by Gasteiger charge is 2.22. The van der Waals surface area contributed by atoms with Gasteiger partial charge in [0.15, 0.2) is 5.96 Å². The molecule has 0 aliphatic carbocycles. The molecule has 1 aromatic carbocycles. The van der Waals surface area contributed by atoms with Crippen molar-refractivity contribution >= 4 is 23.5 Å². The Morgan fingerprint density at radius 3 is 2.57 bits per heavy atom. The Balaban J connectivity index is 2.06. The second-order valence-electron chi connectivity index (χ2n) is 6.87. The van der Waals surface area contributed by atoms with Gasteiger partial charge in [-0.2, -0.15) is 0 Å². The minimum atomic E-state index is -0.0222. The van der Waals surface area contributed by atoms with Crippen molar-refractivity contribution in [1.29, 1.82) is 0 Å². The lowest BCUT2D eigenvalue weighted by Gasteiger charge is -2.29. The molecule has 0 aromatic heterocycles. The number of amides is 2. The molecule has 7 nitrogen and oxygen atoms in total. The van der Waals surface area contributed by atoms with Crippen LogP contribution in [0.1, 0.15) is 32.8 Å². The van der Waals surface area contributed by atoms with Gasteiger partial charge in [0.2, 0.25) is 11.8 Å². The first kappa shape index (κ1) is 21.7. The van der Waals surface area contributed by atoms with E-state index in [-0.39, 0.29) is 24.9 Å². The van der Waals surface area contributed by atoms with Crippen LogP contribution in [0.15, 0.2) is 29.3 Å². The largest absolute Gasteiger partial charge is 0.356 e. The molecule has 0 fully saturated rings. The standard InChI is InChI=1S/C21H33N5O2/c1-5-22-21(24(4)16-20(28)25(6-2)7-3)23-15-19(27)26-14-10-12-17-11-8-9-13-18(17)26/h8-9,11,13H,5-7,10,12,14-16H2,1-4H3,(H,22,23). The summed E-state index contributed by atoms with van der Waals surface area (Å²) in [7, 11) is 1.82. The van der Waals surface area contributed by atoms with Gasteiger partial charge in [-0.25, -0.2) is 4.99 Å². The van der Waals surface area contributed by atoms with Gasteiger partial charge in [0, 0.05) is 38.9 Å². The molecule has 0 saturated carbocycles. The van der Waals surface area contributed by atoms with E-state index < -0.39 is 0 Å². The first-order chi connectivity index (χ1) is 13.5. The highest BCUT2D eigenvalue weighted by molar-refractivity contribution is 5.97. The molecule has 0 radical (unpaired) electrons. The first-order valence-corrected chi connectivity index (χ1v) is 10.2. The van der Waals surface area contributed by atoms with E-state index in [4.69, 9.17) is 0 Å². The van der Waals surface area contributed by atoms with Crippen LogP contribution < -0.4 is 10.2 Å². The fourth-order valence-electron chi connectivity index (χ4n) is 3.44. The second kappa shape index (κ2) is 10.7. The normalized spacial score (nSPS) is 13.7. The van der Waals surface area contributed by atoms with Crippen LogP contribution in [0.3, 0.4) is 0 Å². The number of benzene rings is 1. The smallest absolute Gasteiger partial charge is 0.248 e. The highest BCUT2D eigenvalue weighted by atomic mass is 16.2. The topological polar surface area (TPSA) is 68.2 Å². The van der Waals surface area contributed by atoms with Gasteiger partial charge < -0.3 is 20.0 Å². The number of guanidine groups is 1. The molecule has 1 aliphatic rings. The Morgan fingerprint density at radius 1 is 1.18 bits per heavy atom. The number of likely N-dealkylation sites (N-methyl/N-ethyl adjacent to an activating group) is 2. The molecule has 2 rings (SSSR count). The maximum absolute atomic E-state index is 12.8. The highest BCUT2D eigenvalue weighted by Crippen LogP contribution is 2.26. The Labute approximate surface area is 168 Å². The predicted octanol–water partition coefficient (Wildman–Crippen LogP) is 1.73. The maximum Gasteiger partial charge on any atom is 0.248 e. The number of hydrogen-bond donors (Lipinski definition) is 1. The Kier molecular flexibility index (Phi) is 8.29. The zero-order valence-corrected chi connectivity index (χ0v) is 17.6. The lowest BCUT2D eigenvalue weighted by Crippen LogP contribution is -2.46. The van der Waals surface area contributed by atoms with Crippen LogP contribution in [0.2, 0.25) is 0 Å². The summed E-state index contributed by atoms with van der Waals surface area (Å²) in [6.45, 7) is 8.95. The Morgan fingerprint density at radius 2 is 1.89 bits per heavy atom. The monoisotopic (exact) mass is 387 g/mol. The lowest BCUT2D eigenvalue weighted by atomic mass is 10.0. The fraction of sp³-hybridized carbons (Fsp3) is 0.571. The Hall–Kier alpha value is -2.57. The van der Waals surface area contributed by atoms with E-state index in [0.29, 0.717) is 25.6 Å². The number of carbonyl (C=O) groups is 2. The summed E-state index contributed by atoms with van der Waals surface area (Å²) in [6, 6.07) is 8.05. The van der Waals surface area contributed by atoms with Crippen molar-refractivity contribution in [3.63, 3.8) is 0 Å². The summed E-state index contributed by atoms with van der Waals surface area (Å²) in [5.74, 6) is 0.599. The maximum atomic E-state index is 12.8. The van der Waals surface area contributed by atoms with Gasteiger partial charge in [0.25, 0.3) is 0 Å². The molecule has 2 amide bonds. The van der Waals surface area contributed by atoms with Crippen molar-refractivity contribution in [2.45, 2.75) is 33.6 Å². The van der Waals surface area contributed by atoms with E-state index in [1.54, 1.807) is 9.80 Å². The molecule has 0 spiro atoms. The van der Waals surface area contributed by atoms with Crippen LogP contribution in [-0.4, -0.2) is 73.9 Å². The lowest BCUT2D eigenvalue weighted by molar-refractivity contribution is -0.131. The van der Waals surface area contributed by atoms with Gasteiger partial charge in [-0.3, -0.25) is 9.59 Å². The van der Waals surface area contributed by atoms with Gasteiger partial charge >= 0.3 is 0 Å². The molecule has 0 saturated heterocycles. The molecule has 7 heteroatoms. The summed E-state index contributed by atoms with van der Waals surface area (Å²) >= 11 is 0. The molecule has 1 N–H and O–H groups in total. The number of rotatable bonds is 7. The van der Waals surface area contributed by atoms with Gasteiger partial charge in [0.05, 0.1) is 6.54 Å². The number of aliphatic imine (C=N–C) groups is 1. The number of hydrogen-bond acceptors (Lipinski definition) is 3. The zero-order valence-electron chi connectivity index (χ0n) is 17.6. The van der Waals surface area contributed by atoms with Crippen LogP contribution >= 0.6 is 0 Å². The summed E-state index contributed by atoms with van der Waals surface area (Å²) in [4.78, 5) is 35.1. The number of nitrogens with one attached hydrogen (secondary N) is 1. The van der Waals surface area contributed by atoms with Gasteiger partial charge in [-0.15, -0.1) is 0 Å². The van der Waals surface area contributed by atoms with E-state index in [0.717, 1.165) is 25.1 Å². The van der Waals surface area contributed by atoms with Crippen molar-refractivity contribution in [2.75, 3.05) is 51.2 Å². The van der Waals surface area contributed by atoms with Crippen LogP contribution in [0.4, 0.5) is 5.69 Å². The van der Waals surface area contributed by atoms with Crippen LogP contribution in [0.25, 0.3) is 0 Å². The summed E-state index contributed by atoms with van der Waals surface area (Å²) < 4.78 is 0. The molecule has 1 aromatic rings. The average molecular weight is 388 g/mol. The molecule has 28 heavy (non-hydrogen) atoms. The molecule has 1 aliphatic heterocycles. The average Bonchev–Trinajstić information content (AvgIpc) is 2.71. The third-order valence-corrected chi connectivity index (χ3v) is 4.96. The molecule has 0 unspecified atom stereocenters. The van der Waals surface area contributed by atoms with Gasteiger partial charge in [-0.1, -0.05) is 18.2 Å². The predicted molar refractivity (Wildman–Crippen MR) is 114 cm³/mol. The van der Waals surface area contributed by atoms with Crippen LogP contribution in [0, 0.1) is 0 Å². The van der Waals surface area contributed by atoms with E-state index in [1.165, 1.54) is 5.56 Å². The van der Waals surface area contributed by atoms with E-state index in [2.05, 4.69) is 16.4 Å². The number of carbonyl (C=O) groups excluding carboxylic acids is 2. The number of nitrogens with zero attached hydrogens (tertiary/aromatic N) is 4. The minimum Gasteiger partial charge on any atom is -0.356 e. The summed E-state index contributed by atoms with van der Waals surface area (Å²) in [5.41, 5.74) is 2.20. The van der Waals surface area contributed by atoms with Gasteiger partial charge in [-0.05, 0) is 45.2 Å². The summed E-state index contributed by atoms with van der Waals surface area (Å²) in [6.07, 6.45) is 1.97. The number of fused-ring (bicyclic) bond motifs is 1. The van der Waals surface area contributed by atoms with Crippen molar-refractivity contribution in [2.24, 2.45) is 4.99 Å². The van der Waals surface area contributed by atoms with Crippen molar-refractivity contribution in [1.82, 2.24) is 15.1 Å². The molecule has 0 bridgehead atoms. The zero-order chi connectivity index (χ0) is 20.5. The van der Waals surface area contributed by atoms with E-state index in [9.17, 15) is 9.59 Å². The quantitative estimate of drug-likeness (QED) is 0.572. The Bertz CT molecular complexity index is 700.